The van der Waals surface area contributed by atoms with Crippen molar-refractivity contribution < 1.29 is 9.59 Å². The molecule has 0 unspecified atom stereocenters. The van der Waals surface area contributed by atoms with Gasteiger partial charge in [0.25, 0.3) is 0 Å². The van der Waals surface area contributed by atoms with Crippen molar-refractivity contribution in [3.05, 3.63) is 35.9 Å². The summed E-state index contributed by atoms with van der Waals surface area (Å²) >= 11 is 0. The molecule has 1 aliphatic carbocycles. The number of nitrogens with one attached hydrogen (secondary N) is 1. The Morgan fingerprint density at radius 3 is 2.45 bits per heavy atom. The molecule has 0 radical (unpaired) electrons. The number of hydrogen-bond donors (Lipinski definition) is 1. The normalized spacial score (nSPS) is 14.8. The first kappa shape index (κ1) is 16.5. The molecular weight excluding hydrogens is 276 g/mol. The number of carbonyl (C=O) groups excluding carboxylic acids is 2. The quantitative estimate of drug-likeness (QED) is 0.841. The average molecular weight is 302 g/mol. The van der Waals surface area contributed by atoms with Crippen molar-refractivity contribution in [3.8, 4) is 0 Å². The lowest BCUT2D eigenvalue weighted by molar-refractivity contribution is -0.129. The van der Waals surface area contributed by atoms with Crippen molar-refractivity contribution >= 4 is 11.8 Å². The van der Waals surface area contributed by atoms with Crippen LogP contribution in [0.1, 0.15) is 44.6 Å². The SMILES string of the molecule is CC(=O)N(CCC(=O)NC1CCCC1)CCc1ccccc1. The van der Waals surface area contributed by atoms with Crippen LogP contribution in [-0.4, -0.2) is 35.8 Å². The third kappa shape index (κ3) is 5.51. The predicted molar refractivity (Wildman–Crippen MR) is 87.4 cm³/mol. The Bertz CT molecular complexity index is 481. The van der Waals surface area contributed by atoms with Gasteiger partial charge in [-0.25, -0.2) is 0 Å². The van der Waals surface area contributed by atoms with Crippen molar-refractivity contribution in [2.75, 3.05) is 13.1 Å². The van der Waals surface area contributed by atoms with Crippen LogP contribution in [0, 0.1) is 0 Å². The Kier molecular flexibility index (Phi) is 6.44. The highest BCUT2D eigenvalue weighted by Crippen LogP contribution is 2.17. The van der Waals surface area contributed by atoms with Crippen molar-refractivity contribution in [1.82, 2.24) is 10.2 Å². The number of nitrogens with zero attached hydrogens (tertiary/aromatic N) is 1. The van der Waals surface area contributed by atoms with Gasteiger partial charge < -0.3 is 10.2 Å². The van der Waals surface area contributed by atoms with E-state index in [1.807, 2.05) is 18.2 Å². The predicted octanol–water partition coefficient (Wildman–Crippen LogP) is 2.53. The van der Waals surface area contributed by atoms with E-state index in [1.54, 1.807) is 11.8 Å². The summed E-state index contributed by atoms with van der Waals surface area (Å²) in [7, 11) is 0. The fraction of sp³-hybridized carbons (Fsp3) is 0.556. The lowest BCUT2D eigenvalue weighted by atomic mass is 10.1. The molecular formula is C18H26N2O2. The molecule has 120 valence electrons. The van der Waals surface area contributed by atoms with Gasteiger partial charge in [-0.1, -0.05) is 43.2 Å². The standard InChI is InChI=1S/C18H26N2O2/c1-15(21)20(13-11-16-7-3-2-4-8-16)14-12-18(22)19-17-9-5-6-10-17/h2-4,7-8,17H,5-6,9-14H2,1H3,(H,19,22). The molecule has 1 aromatic carbocycles. The maximum atomic E-state index is 12.0. The molecule has 2 rings (SSSR count). The van der Waals surface area contributed by atoms with Gasteiger partial charge in [0.1, 0.15) is 0 Å². The first-order valence-corrected chi connectivity index (χ1v) is 8.24. The smallest absolute Gasteiger partial charge is 0.221 e. The van der Waals surface area contributed by atoms with E-state index in [2.05, 4.69) is 17.4 Å². The van der Waals surface area contributed by atoms with Crippen LogP contribution < -0.4 is 5.32 Å². The molecule has 0 atom stereocenters. The Hall–Kier alpha value is -1.84. The summed E-state index contributed by atoms with van der Waals surface area (Å²) in [5.74, 6) is 0.0995. The minimum absolute atomic E-state index is 0.0320. The molecule has 0 aromatic heterocycles. The Balaban J connectivity index is 1.73. The zero-order chi connectivity index (χ0) is 15.8. The summed E-state index contributed by atoms with van der Waals surface area (Å²) in [6.45, 7) is 2.73. The molecule has 1 N–H and O–H groups in total. The molecule has 1 aliphatic rings. The van der Waals surface area contributed by atoms with Crippen molar-refractivity contribution in [3.63, 3.8) is 0 Å². The highest BCUT2D eigenvalue weighted by molar-refractivity contribution is 5.78. The Labute approximate surface area is 132 Å². The summed E-state index contributed by atoms with van der Waals surface area (Å²) in [4.78, 5) is 25.4. The van der Waals surface area contributed by atoms with Gasteiger partial charge >= 0.3 is 0 Å². The van der Waals surface area contributed by atoms with Crippen molar-refractivity contribution in [1.29, 1.82) is 0 Å². The fourth-order valence-corrected chi connectivity index (χ4v) is 2.94. The van der Waals surface area contributed by atoms with Crippen molar-refractivity contribution in [2.24, 2.45) is 0 Å². The summed E-state index contributed by atoms with van der Waals surface area (Å²) in [5.41, 5.74) is 1.21. The number of benzene rings is 1. The summed E-state index contributed by atoms with van der Waals surface area (Å²) in [6.07, 6.45) is 5.82. The maximum Gasteiger partial charge on any atom is 0.221 e. The van der Waals surface area contributed by atoms with Crippen LogP contribution >= 0.6 is 0 Å². The molecule has 1 fully saturated rings. The molecule has 0 spiro atoms. The van der Waals surface area contributed by atoms with Gasteiger partial charge in [-0.2, -0.15) is 0 Å². The van der Waals surface area contributed by atoms with Gasteiger partial charge in [-0.05, 0) is 24.8 Å². The zero-order valence-electron chi connectivity index (χ0n) is 13.4. The largest absolute Gasteiger partial charge is 0.353 e. The molecule has 4 heteroatoms. The van der Waals surface area contributed by atoms with Crippen molar-refractivity contribution in [2.45, 2.75) is 51.5 Å². The average Bonchev–Trinajstić information content (AvgIpc) is 3.00. The molecule has 0 aliphatic heterocycles. The number of hydrogen-bond acceptors (Lipinski definition) is 2. The van der Waals surface area contributed by atoms with Gasteiger partial charge in [0.05, 0.1) is 0 Å². The highest BCUT2D eigenvalue weighted by atomic mass is 16.2. The van der Waals surface area contributed by atoms with E-state index >= 15 is 0 Å². The minimum Gasteiger partial charge on any atom is -0.353 e. The van der Waals surface area contributed by atoms with E-state index in [-0.39, 0.29) is 11.8 Å². The Morgan fingerprint density at radius 2 is 1.82 bits per heavy atom. The summed E-state index contributed by atoms with van der Waals surface area (Å²) in [5, 5.41) is 3.07. The second-order valence-electron chi connectivity index (χ2n) is 6.04. The lowest BCUT2D eigenvalue weighted by Gasteiger charge is -2.21. The zero-order valence-corrected chi connectivity index (χ0v) is 13.4. The molecule has 0 bridgehead atoms. The molecule has 2 amide bonds. The van der Waals surface area contributed by atoms with Crippen LogP contribution in [0.25, 0.3) is 0 Å². The van der Waals surface area contributed by atoms with Crippen LogP contribution in [0.4, 0.5) is 0 Å². The van der Waals surface area contributed by atoms with Gasteiger partial charge in [-0.15, -0.1) is 0 Å². The maximum absolute atomic E-state index is 12.0. The van der Waals surface area contributed by atoms with E-state index in [0.717, 1.165) is 19.3 Å². The van der Waals surface area contributed by atoms with Gasteiger partial charge in [0.15, 0.2) is 0 Å². The van der Waals surface area contributed by atoms with E-state index in [1.165, 1.54) is 18.4 Å². The van der Waals surface area contributed by atoms with Gasteiger partial charge in [0.2, 0.25) is 11.8 Å². The molecule has 1 saturated carbocycles. The Morgan fingerprint density at radius 1 is 1.14 bits per heavy atom. The third-order valence-corrected chi connectivity index (χ3v) is 4.29. The van der Waals surface area contributed by atoms with Crippen LogP contribution in [-0.2, 0) is 16.0 Å². The molecule has 22 heavy (non-hydrogen) atoms. The molecule has 1 aromatic rings. The fourth-order valence-electron chi connectivity index (χ4n) is 2.94. The summed E-state index contributed by atoms with van der Waals surface area (Å²) in [6, 6.07) is 10.5. The monoisotopic (exact) mass is 302 g/mol. The number of amides is 2. The first-order chi connectivity index (χ1) is 10.6. The topological polar surface area (TPSA) is 49.4 Å². The van der Waals surface area contributed by atoms with Crippen LogP contribution in [0.2, 0.25) is 0 Å². The number of rotatable bonds is 7. The molecule has 4 nitrogen and oxygen atoms in total. The third-order valence-electron chi connectivity index (χ3n) is 4.29. The van der Waals surface area contributed by atoms with Crippen LogP contribution in [0.3, 0.4) is 0 Å². The van der Waals surface area contributed by atoms with E-state index in [9.17, 15) is 9.59 Å². The lowest BCUT2D eigenvalue weighted by Crippen LogP contribution is -2.37. The van der Waals surface area contributed by atoms with Gasteiger partial charge in [-0.3, -0.25) is 9.59 Å². The van der Waals surface area contributed by atoms with E-state index in [4.69, 9.17) is 0 Å². The van der Waals surface area contributed by atoms with Crippen LogP contribution in [0.5, 0.6) is 0 Å². The molecule has 0 saturated heterocycles. The first-order valence-electron chi connectivity index (χ1n) is 8.24. The summed E-state index contributed by atoms with van der Waals surface area (Å²) < 4.78 is 0. The minimum atomic E-state index is 0.0320. The highest BCUT2D eigenvalue weighted by Gasteiger charge is 2.18. The second kappa shape index (κ2) is 8.57. The van der Waals surface area contributed by atoms with E-state index in [0.29, 0.717) is 25.6 Å². The van der Waals surface area contributed by atoms with Gasteiger partial charge in [0, 0.05) is 32.5 Å². The van der Waals surface area contributed by atoms with E-state index < -0.39 is 0 Å². The molecule has 0 heterocycles. The van der Waals surface area contributed by atoms with Crippen LogP contribution in [0.15, 0.2) is 30.3 Å². The second-order valence-corrected chi connectivity index (χ2v) is 6.04. The number of carbonyl (C=O) groups is 2.